The number of aliphatic hydroxyl groups excluding tert-OH is 1. The molecule has 7 nitrogen and oxygen atoms in total. The Kier molecular flexibility index (Phi) is 6.37. The fourth-order valence-electron chi connectivity index (χ4n) is 6.79. The predicted molar refractivity (Wildman–Crippen MR) is 140 cm³/mol. The van der Waals surface area contributed by atoms with Gasteiger partial charge in [0.25, 0.3) is 0 Å². The zero-order valence-electron chi connectivity index (χ0n) is 21.0. The molecular formula is C28H33N3O4S. The number of carbonyl (C=O) groups excluding carboxylic acids is 3. The molecule has 0 aliphatic carbocycles. The molecule has 0 aromatic heterocycles. The number of anilines is 1. The molecule has 3 aliphatic rings. The number of hydrogen-bond donors (Lipinski definition) is 3. The van der Waals surface area contributed by atoms with Gasteiger partial charge in [0.2, 0.25) is 17.7 Å². The van der Waals surface area contributed by atoms with Crippen molar-refractivity contribution >= 4 is 35.2 Å². The molecule has 36 heavy (non-hydrogen) atoms. The second-order valence-electron chi connectivity index (χ2n) is 10.3. The van der Waals surface area contributed by atoms with E-state index in [4.69, 9.17) is 0 Å². The monoisotopic (exact) mass is 507 g/mol. The van der Waals surface area contributed by atoms with Crippen LogP contribution in [0.3, 0.4) is 0 Å². The zero-order chi connectivity index (χ0) is 25.8. The molecule has 190 valence electrons. The molecule has 3 heterocycles. The number of fused-ring (bicyclic) bond motifs is 1. The van der Waals surface area contributed by atoms with E-state index in [1.54, 1.807) is 23.7 Å². The van der Waals surface area contributed by atoms with Gasteiger partial charge in [0, 0.05) is 18.0 Å². The number of para-hydroxylation sites is 1. The average Bonchev–Trinajstić information content (AvgIpc) is 3.46. The van der Waals surface area contributed by atoms with Gasteiger partial charge in [-0.05, 0) is 42.9 Å². The van der Waals surface area contributed by atoms with Crippen molar-refractivity contribution in [1.82, 2.24) is 10.2 Å². The molecule has 3 amide bonds. The van der Waals surface area contributed by atoms with Gasteiger partial charge in [0.05, 0.1) is 29.2 Å². The number of amides is 3. The number of nitrogens with one attached hydrogen (secondary N) is 2. The summed E-state index contributed by atoms with van der Waals surface area (Å²) in [6.45, 7) is 5.66. The minimum Gasteiger partial charge on any atom is -0.394 e. The van der Waals surface area contributed by atoms with Gasteiger partial charge in [0.1, 0.15) is 6.04 Å². The summed E-state index contributed by atoms with van der Waals surface area (Å²) in [5.74, 6) is -1.72. The second-order valence-corrected chi connectivity index (χ2v) is 11.8. The molecule has 1 spiro atoms. The van der Waals surface area contributed by atoms with E-state index in [9.17, 15) is 19.5 Å². The number of rotatable bonds is 6. The van der Waals surface area contributed by atoms with Gasteiger partial charge in [-0.15, -0.1) is 11.8 Å². The number of thioether (sulfide) groups is 1. The van der Waals surface area contributed by atoms with Crippen molar-refractivity contribution < 1.29 is 19.5 Å². The molecule has 3 aliphatic heterocycles. The summed E-state index contributed by atoms with van der Waals surface area (Å²) in [7, 11) is 1.60. The number of aliphatic hydroxyl groups is 1. The lowest BCUT2D eigenvalue weighted by Gasteiger charge is -2.40. The van der Waals surface area contributed by atoms with Gasteiger partial charge in [0.15, 0.2) is 0 Å². The maximum absolute atomic E-state index is 14.3. The third-order valence-electron chi connectivity index (χ3n) is 8.40. The normalized spacial score (nSPS) is 31.3. The van der Waals surface area contributed by atoms with Crippen molar-refractivity contribution in [2.75, 3.05) is 19.0 Å². The van der Waals surface area contributed by atoms with E-state index < -0.39 is 28.7 Å². The molecule has 3 unspecified atom stereocenters. The standard InChI is InChI=1S/C28H33N3O4S/c1-15-9-8-10-16(2)23(15)30-26(34)24-28-17(3)13-20(36-28)21(25(33)29-4)22(28)27(35)31(24)19(14-32)18-11-6-5-7-12-18/h5-12,17,19-22,24,32H,13-14H2,1-4H3,(H,29,33)(H,30,34)/t17?,19-,20-,21+,22+,24?,28?/m1/s1. The lowest BCUT2D eigenvalue weighted by Crippen LogP contribution is -2.55. The molecule has 0 saturated carbocycles. The number of benzene rings is 2. The number of carbonyl (C=O) groups is 3. The van der Waals surface area contributed by atoms with E-state index in [0.29, 0.717) is 0 Å². The summed E-state index contributed by atoms with van der Waals surface area (Å²) in [4.78, 5) is 43.1. The SMILES string of the molecule is CNC(=O)[C@@H]1[C@H]2C(=O)N([C@H](CO)c3ccccc3)C(C(=O)Nc3c(C)cccc3C)C23S[C@@H]1CC3C. The molecule has 0 radical (unpaired) electrons. The minimum absolute atomic E-state index is 0.0177. The van der Waals surface area contributed by atoms with Crippen molar-refractivity contribution in [2.45, 2.75) is 49.3 Å². The highest BCUT2D eigenvalue weighted by Gasteiger charge is 2.76. The van der Waals surface area contributed by atoms with E-state index in [0.717, 1.165) is 28.8 Å². The van der Waals surface area contributed by atoms with Crippen LogP contribution in [0.1, 0.15) is 36.1 Å². The first-order valence-electron chi connectivity index (χ1n) is 12.5. The molecule has 2 bridgehead atoms. The number of aryl methyl sites for hydroxylation is 2. The average molecular weight is 508 g/mol. The summed E-state index contributed by atoms with van der Waals surface area (Å²) in [6, 6.07) is 13.7. The van der Waals surface area contributed by atoms with Gasteiger partial charge >= 0.3 is 0 Å². The highest BCUT2D eigenvalue weighted by Crippen LogP contribution is 2.69. The van der Waals surface area contributed by atoms with Gasteiger partial charge in [-0.1, -0.05) is 55.5 Å². The van der Waals surface area contributed by atoms with Crippen molar-refractivity contribution in [3.05, 3.63) is 65.2 Å². The first-order valence-corrected chi connectivity index (χ1v) is 13.4. The lowest BCUT2D eigenvalue weighted by atomic mass is 9.66. The Morgan fingerprint density at radius 2 is 1.78 bits per heavy atom. The Bertz CT molecular complexity index is 1180. The van der Waals surface area contributed by atoms with Crippen LogP contribution in [-0.2, 0) is 14.4 Å². The van der Waals surface area contributed by atoms with Crippen LogP contribution in [0.25, 0.3) is 0 Å². The molecule has 2 aromatic rings. The molecule has 3 saturated heterocycles. The van der Waals surface area contributed by atoms with E-state index in [1.807, 2.05) is 62.4 Å². The van der Waals surface area contributed by atoms with Crippen LogP contribution in [0, 0.1) is 31.6 Å². The summed E-state index contributed by atoms with van der Waals surface area (Å²) < 4.78 is -0.748. The fourth-order valence-corrected chi connectivity index (χ4v) is 9.20. The van der Waals surface area contributed by atoms with Crippen molar-refractivity contribution in [2.24, 2.45) is 17.8 Å². The summed E-state index contributed by atoms with van der Waals surface area (Å²) >= 11 is 1.63. The van der Waals surface area contributed by atoms with Gasteiger partial charge < -0.3 is 20.6 Å². The third kappa shape index (κ3) is 3.49. The highest BCUT2D eigenvalue weighted by molar-refractivity contribution is 8.02. The largest absolute Gasteiger partial charge is 0.394 e. The number of likely N-dealkylation sites (tertiary alicyclic amines) is 1. The van der Waals surface area contributed by atoms with Crippen LogP contribution in [-0.4, -0.2) is 57.4 Å². The van der Waals surface area contributed by atoms with Crippen molar-refractivity contribution in [3.8, 4) is 0 Å². The Morgan fingerprint density at radius 3 is 2.39 bits per heavy atom. The Balaban J connectivity index is 1.65. The van der Waals surface area contributed by atoms with E-state index in [1.165, 1.54) is 0 Å². The van der Waals surface area contributed by atoms with Crippen LogP contribution >= 0.6 is 11.8 Å². The topological polar surface area (TPSA) is 98.7 Å². The number of hydrogen-bond acceptors (Lipinski definition) is 5. The molecular weight excluding hydrogens is 474 g/mol. The molecule has 3 fully saturated rings. The molecule has 7 atom stereocenters. The van der Waals surface area contributed by atoms with Crippen LogP contribution in [0.2, 0.25) is 0 Å². The highest BCUT2D eigenvalue weighted by atomic mass is 32.2. The summed E-state index contributed by atoms with van der Waals surface area (Å²) in [5, 5.41) is 16.4. The van der Waals surface area contributed by atoms with Gasteiger partial charge in [-0.2, -0.15) is 0 Å². The fraction of sp³-hybridized carbons (Fsp3) is 0.464. The summed E-state index contributed by atoms with van der Waals surface area (Å²) in [5.41, 5.74) is 3.38. The second kappa shape index (κ2) is 9.23. The molecule has 8 heteroatoms. The zero-order valence-corrected chi connectivity index (χ0v) is 21.8. The molecule has 2 aromatic carbocycles. The first-order chi connectivity index (χ1) is 17.3. The van der Waals surface area contributed by atoms with E-state index in [2.05, 4.69) is 17.6 Å². The van der Waals surface area contributed by atoms with Crippen LogP contribution in [0.5, 0.6) is 0 Å². The van der Waals surface area contributed by atoms with Crippen molar-refractivity contribution in [1.29, 1.82) is 0 Å². The first kappa shape index (κ1) is 24.8. The Hall–Kier alpha value is -2.84. The van der Waals surface area contributed by atoms with Crippen LogP contribution < -0.4 is 10.6 Å². The van der Waals surface area contributed by atoms with Gasteiger partial charge in [-0.3, -0.25) is 14.4 Å². The number of nitrogens with zero attached hydrogens (tertiary/aromatic N) is 1. The Labute approximate surface area is 216 Å². The lowest BCUT2D eigenvalue weighted by molar-refractivity contribution is -0.142. The third-order valence-corrected chi connectivity index (χ3v) is 10.5. The van der Waals surface area contributed by atoms with Crippen LogP contribution in [0.15, 0.2) is 48.5 Å². The smallest absolute Gasteiger partial charge is 0.248 e. The Morgan fingerprint density at radius 1 is 1.11 bits per heavy atom. The van der Waals surface area contributed by atoms with Crippen LogP contribution in [0.4, 0.5) is 5.69 Å². The van der Waals surface area contributed by atoms with E-state index >= 15 is 0 Å². The minimum atomic E-state index is -0.828. The van der Waals surface area contributed by atoms with Crippen molar-refractivity contribution in [3.63, 3.8) is 0 Å². The van der Waals surface area contributed by atoms with Gasteiger partial charge in [-0.25, -0.2) is 0 Å². The maximum atomic E-state index is 14.3. The molecule has 3 N–H and O–H groups in total. The summed E-state index contributed by atoms with van der Waals surface area (Å²) in [6.07, 6.45) is 0.767. The van der Waals surface area contributed by atoms with E-state index in [-0.39, 0.29) is 35.5 Å². The quantitative estimate of drug-likeness (QED) is 0.558. The predicted octanol–water partition coefficient (Wildman–Crippen LogP) is 3.06. The maximum Gasteiger partial charge on any atom is 0.248 e. The molecule has 5 rings (SSSR count).